The third-order valence-corrected chi connectivity index (χ3v) is 3.30. The molecular weight excluding hydrogens is 230 g/mol. The summed E-state index contributed by atoms with van der Waals surface area (Å²) >= 11 is 0. The highest BCUT2D eigenvalue weighted by molar-refractivity contribution is 5.79. The van der Waals surface area contributed by atoms with Crippen LogP contribution in [0.2, 0.25) is 0 Å². The maximum atomic E-state index is 11.8. The molecule has 0 heterocycles. The van der Waals surface area contributed by atoms with Crippen LogP contribution < -0.4 is 16.4 Å². The Kier molecular flexibility index (Phi) is 7.59. The lowest BCUT2D eigenvalue weighted by molar-refractivity contribution is -0.123. The Morgan fingerprint density at radius 3 is 2.22 bits per heavy atom. The smallest absolute Gasteiger partial charge is 0.220 e. The summed E-state index contributed by atoms with van der Waals surface area (Å²) in [5.41, 5.74) is 5.32. The van der Waals surface area contributed by atoms with Crippen LogP contribution in [-0.4, -0.2) is 30.4 Å². The molecule has 0 aliphatic heterocycles. The fraction of sp³-hybridized carbons (Fsp3) is 0.846. The first kappa shape index (κ1) is 16.9. The molecule has 0 aromatic heterocycles. The second kappa shape index (κ2) is 8.08. The molecule has 4 N–H and O–H groups in total. The zero-order valence-corrected chi connectivity index (χ0v) is 12.0. The first-order valence-corrected chi connectivity index (χ1v) is 6.63. The third kappa shape index (κ3) is 6.00. The van der Waals surface area contributed by atoms with E-state index in [1.165, 1.54) is 0 Å². The van der Waals surface area contributed by atoms with Crippen LogP contribution in [-0.2, 0) is 9.59 Å². The Hall–Kier alpha value is -1.10. The van der Waals surface area contributed by atoms with E-state index in [2.05, 4.69) is 10.6 Å². The molecule has 106 valence electrons. The highest BCUT2D eigenvalue weighted by atomic mass is 16.2. The standard InChI is InChI=1S/C13H27N3O2/c1-5-15-11(17)7-6-8-12(18)16-13(4,9-14)10(2)3/h10H,5-9,14H2,1-4H3,(H,15,17)(H,16,18). The molecule has 1 atom stereocenters. The molecule has 0 saturated heterocycles. The van der Waals surface area contributed by atoms with E-state index in [1.807, 2.05) is 27.7 Å². The largest absolute Gasteiger partial charge is 0.356 e. The Labute approximate surface area is 110 Å². The molecule has 2 amide bonds. The zero-order chi connectivity index (χ0) is 14.2. The Bertz CT molecular complexity index is 279. The van der Waals surface area contributed by atoms with Gasteiger partial charge >= 0.3 is 0 Å². The van der Waals surface area contributed by atoms with Crippen molar-refractivity contribution in [1.29, 1.82) is 0 Å². The minimum atomic E-state index is -0.372. The van der Waals surface area contributed by atoms with Crippen molar-refractivity contribution in [2.24, 2.45) is 11.7 Å². The third-order valence-electron chi connectivity index (χ3n) is 3.30. The fourth-order valence-electron chi connectivity index (χ4n) is 1.51. The van der Waals surface area contributed by atoms with Crippen molar-refractivity contribution in [3.63, 3.8) is 0 Å². The lowest BCUT2D eigenvalue weighted by Crippen LogP contribution is -2.55. The SMILES string of the molecule is CCNC(=O)CCCC(=O)NC(C)(CN)C(C)C. The topological polar surface area (TPSA) is 84.2 Å². The van der Waals surface area contributed by atoms with E-state index in [1.54, 1.807) is 0 Å². The van der Waals surface area contributed by atoms with Gasteiger partial charge in [-0.15, -0.1) is 0 Å². The van der Waals surface area contributed by atoms with E-state index >= 15 is 0 Å². The number of hydrogen-bond donors (Lipinski definition) is 3. The Morgan fingerprint density at radius 2 is 1.78 bits per heavy atom. The average molecular weight is 257 g/mol. The molecule has 0 aromatic carbocycles. The molecule has 1 unspecified atom stereocenters. The highest BCUT2D eigenvalue weighted by Crippen LogP contribution is 2.15. The molecular formula is C13H27N3O2. The number of amides is 2. The first-order chi connectivity index (χ1) is 8.35. The second-order valence-electron chi connectivity index (χ2n) is 5.13. The summed E-state index contributed by atoms with van der Waals surface area (Å²) in [6.07, 6.45) is 1.32. The summed E-state index contributed by atoms with van der Waals surface area (Å²) in [6, 6.07) is 0. The van der Waals surface area contributed by atoms with Gasteiger partial charge in [0.2, 0.25) is 11.8 Å². The average Bonchev–Trinajstić information content (AvgIpc) is 2.28. The summed E-state index contributed by atoms with van der Waals surface area (Å²) in [4.78, 5) is 23.0. The van der Waals surface area contributed by atoms with Gasteiger partial charge in [-0.05, 0) is 26.2 Å². The monoisotopic (exact) mass is 257 g/mol. The molecule has 0 fully saturated rings. The van der Waals surface area contributed by atoms with Gasteiger partial charge in [-0.3, -0.25) is 9.59 Å². The lowest BCUT2D eigenvalue weighted by atomic mass is 9.88. The maximum absolute atomic E-state index is 11.8. The number of rotatable bonds is 8. The second-order valence-corrected chi connectivity index (χ2v) is 5.13. The molecule has 0 saturated carbocycles. The number of nitrogens with one attached hydrogen (secondary N) is 2. The molecule has 0 radical (unpaired) electrons. The summed E-state index contributed by atoms with van der Waals surface area (Å²) < 4.78 is 0. The number of carbonyl (C=O) groups excluding carboxylic acids is 2. The molecule has 18 heavy (non-hydrogen) atoms. The van der Waals surface area contributed by atoms with E-state index < -0.39 is 0 Å². The number of carbonyl (C=O) groups is 2. The summed E-state index contributed by atoms with van der Waals surface area (Å²) in [7, 11) is 0. The van der Waals surface area contributed by atoms with Gasteiger partial charge < -0.3 is 16.4 Å². The van der Waals surface area contributed by atoms with Crippen LogP contribution in [0, 0.1) is 5.92 Å². The van der Waals surface area contributed by atoms with Crippen molar-refractivity contribution in [1.82, 2.24) is 10.6 Å². The van der Waals surface area contributed by atoms with Crippen LogP contribution in [0.1, 0.15) is 47.0 Å². The van der Waals surface area contributed by atoms with Crippen molar-refractivity contribution in [3.05, 3.63) is 0 Å². The van der Waals surface area contributed by atoms with E-state index in [4.69, 9.17) is 5.73 Å². The van der Waals surface area contributed by atoms with Gasteiger partial charge in [0.25, 0.3) is 0 Å². The van der Waals surface area contributed by atoms with Crippen LogP contribution in [0.5, 0.6) is 0 Å². The highest BCUT2D eigenvalue weighted by Gasteiger charge is 2.28. The molecule has 5 nitrogen and oxygen atoms in total. The van der Waals surface area contributed by atoms with Gasteiger partial charge in [0.1, 0.15) is 0 Å². The quantitative estimate of drug-likeness (QED) is 0.601. The van der Waals surface area contributed by atoms with Crippen LogP contribution in [0.15, 0.2) is 0 Å². The van der Waals surface area contributed by atoms with E-state index in [-0.39, 0.29) is 23.3 Å². The summed E-state index contributed by atoms with van der Waals surface area (Å²) in [5, 5.41) is 5.66. The van der Waals surface area contributed by atoms with Crippen LogP contribution >= 0.6 is 0 Å². The molecule has 0 aliphatic rings. The Morgan fingerprint density at radius 1 is 1.22 bits per heavy atom. The van der Waals surface area contributed by atoms with Crippen molar-refractivity contribution in [3.8, 4) is 0 Å². The first-order valence-electron chi connectivity index (χ1n) is 6.63. The van der Waals surface area contributed by atoms with Gasteiger partial charge in [0, 0.05) is 25.9 Å². The van der Waals surface area contributed by atoms with Crippen molar-refractivity contribution >= 4 is 11.8 Å². The van der Waals surface area contributed by atoms with Gasteiger partial charge in [-0.2, -0.15) is 0 Å². The molecule has 0 aromatic rings. The number of hydrogen-bond acceptors (Lipinski definition) is 3. The molecule has 5 heteroatoms. The Balaban J connectivity index is 4.01. The fourth-order valence-corrected chi connectivity index (χ4v) is 1.51. The van der Waals surface area contributed by atoms with Crippen molar-refractivity contribution < 1.29 is 9.59 Å². The molecule has 0 bridgehead atoms. The minimum absolute atomic E-state index is 0.00394. The van der Waals surface area contributed by atoms with Crippen LogP contribution in [0.4, 0.5) is 0 Å². The van der Waals surface area contributed by atoms with Crippen molar-refractivity contribution in [2.45, 2.75) is 52.5 Å². The van der Waals surface area contributed by atoms with Gasteiger partial charge in [0.15, 0.2) is 0 Å². The van der Waals surface area contributed by atoms with Crippen LogP contribution in [0.3, 0.4) is 0 Å². The lowest BCUT2D eigenvalue weighted by Gasteiger charge is -2.33. The number of nitrogens with two attached hydrogens (primary N) is 1. The van der Waals surface area contributed by atoms with Gasteiger partial charge in [0.05, 0.1) is 5.54 Å². The van der Waals surface area contributed by atoms with E-state index in [0.29, 0.717) is 32.4 Å². The molecule has 0 aliphatic carbocycles. The molecule has 0 rings (SSSR count). The summed E-state index contributed by atoms with van der Waals surface area (Å²) in [6.45, 7) is 8.92. The predicted molar refractivity (Wildman–Crippen MR) is 73.0 cm³/mol. The van der Waals surface area contributed by atoms with Crippen LogP contribution in [0.25, 0.3) is 0 Å². The predicted octanol–water partition coefficient (Wildman–Crippen LogP) is 0.782. The van der Waals surface area contributed by atoms with Gasteiger partial charge in [-0.1, -0.05) is 13.8 Å². The normalized spacial score (nSPS) is 14.1. The van der Waals surface area contributed by atoms with Gasteiger partial charge in [-0.25, -0.2) is 0 Å². The summed E-state index contributed by atoms with van der Waals surface area (Å²) in [5.74, 6) is 0.228. The molecule has 0 spiro atoms. The van der Waals surface area contributed by atoms with Crippen molar-refractivity contribution in [2.75, 3.05) is 13.1 Å². The van der Waals surface area contributed by atoms with E-state index in [9.17, 15) is 9.59 Å². The zero-order valence-electron chi connectivity index (χ0n) is 12.0. The van der Waals surface area contributed by atoms with E-state index in [0.717, 1.165) is 0 Å². The maximum Gasteiger partial charge on any atom is 0.220 e. The minimum Gasteiger partial charge on any atom is -0.356 e.